The van der Waals surface area contributed by atoms with Gasteiger partial charge in [0.1, 0.15) is 0 Å². The lowest BCUT2D eigenvalue weighted by atomic mass is 9.82. The lowest BCUT2D eigenvalue weighted by Crippen LogP contribution is -2.19. The van der Waals surface area contributed by atoms with Gasteiger partial charge >= 0.3 is 0 Å². The second-order valence-corrected chi connectivity index (χ2v) is 16.1. The predicted octanol–water partition coefficient (Wildman–Crippen LogP) is 14.4. The summed E-state index contributed by atoms with van der Waals surface area (Å²) in [5, 5.41) is 12.3. The van der Waals surface area contributed by atoms with Gasteiger partial charge in [0.15, 0.2) is 0 Å². The molecule has 1 N–H and O–H groups in total. The molecule has 0 bridgehead atoms. The zero-order chi connectivity index (χ0) is 40.0. The molecule has 2 aliphatic rings. The molecule has 1 unspecified atom stereocenters. The number of hydrogen-bond donors (Lipinski definition) is 1. The van der Waals surface area contributed by atoms with Gasteiger partial charge in [0.2, 0.25) is 0 Å². The van der Waals surface area contributed by atoms with Gasteiger partial charge in [-0.1, -0.05) is 164 Å². The van der Waals surface area contributed by atoms with Gasteiger partial charge in [-0.15, -0.1) is 0 Å². The van der Waals surface area contributed by atoms with Crippen molar-refractivity contribution in [1.29, 1.82) is 0 Å². The fraction of sp³-hybridized carbons (Fsp3) is 0.0175. The minimum atomic E-state index is -0.0648. The van der Waals surface area contributed by atoms with E-state index >= 15 is 0 Å². The van der Waals surface area contributed by atoms with Crippen LogP contribution < -0.4 is 5.32 Å². The molecule has 0 fully saturated rings. The molecule has 1 atom stereocenters. The predicted molar refractivity (Wildman–Crippen MR) is 254 cm³/mol. The van der Waals surface area contributed by atoms with Gasteiger partial charge < -0.3 is 9.88 Å². The van der Waals surface area contributed by atoms with Crippen LogP contribution in [-0.4, -0.2) is 14.5 Å². The summed E-state index contributed by atoms with van der Waals surface area (Å²) in [5.41, 5.74) is 17.8. The summed E-state index contributed by atoms with van der Waals surface area (Å²) < 4.78 is 2.33. The standard InChI is InChI=1S/C57H36N4/c1-3-13-35(14-4-1)51-43-19-7-8-20-44(43)52(36-15-5-2-6-16-36)55-47-29-28-40(42-21-11-22-46(53(42)47)54(51)55)38-25-30-48(59-33-38)49-31-26-39(34-60-49)61-50-23-10-9-18-41(50)45-27-24-37-17-12-32-58-56(37)57(45)61/h1-34,49,60H. The maximum absolute atomic E-state index is 5.10. The first kappa shape index (κ1) is 33.8. The summed E-state index contributed by atoms with van der Waals surface area (Å²) in [6, 6.07) is 63.7. The Kier molecular flexibility index (Phi) is 7.33. The van der Waals surface area contributed by atoms with E-state index in [1.807, 2.05) is 18.5 Å². The van der Waals surface area contributed by atoms with Gasteiger partial charge in [-0.2, -0.15) is 0 Å². The molecule has 4 heteroatoms. The van der Waals surface area contributed by atoms with Crippen molar-refractivity contribution in [2.24, 2.45) is 0 Å². The highest BCUT2D eigenvalue weighted by atomic mass is 15.0. The summed E-state index contributed by atoms with van der Waals surface area (Å²) in [5.74, 6) is 0. The topological polar surface area (TPSA) is 42.7 Å². The van der Waals surface area contributed by atoms with Crippen LogP contribution >= 0.6 is 0 Å². The Morgan fingerprint density at radius 3 is 1.84 bits per heavy atom. The fourth-order valence-corrected chi connectivity index (χ4v) is 10.3. The normalized spacial score (nSPS) is 14.2. The van der Waals surface area contributed by atoms with Crippen molar-refractivity contribution in [3.05, 3.63) is 212 Å². The lowest BCUT2D eigenvalue weighted by Gasteiger charge is -2.20. The Labute approximate surface area is 352 Å². The molecular formula is C57H36N4. The van der Waals surface area contributed by atoms with E-state index in [1.165, 1.54) is 82.4 Å². The van der Waals surface area contributed by atoms with Crippen LogP contribution in [0.25, 0.3) is 116 Å². The van der Waals surface area contributed by atoms with Gasteiger partial charge in [0.25, 0.3) is 0 Å². The van der Waals surface area contributed by atoms with Crippen molar-refractivity contribution in [3.63, 3.8) is 0 Å². The molecule has 3 aromatic heterocycles. The molecule has 1 aliphatic carbocycles. The van der Waals surface area contributed by atoms with Crippen molar-refractivity contribution < 1.29 is 0 Å². The van der Waals surface area contributed by atoms with Crippen LogP contribution in [0, 0.1) is 0 Å². The number of nitrogens with one attached hydrogen (secondary N) is 1. The molecular weight excluding hydrogens is 741 g/mol. The van der Waals surface area contributed by atoms with Gasteiger partial charge in [0, 0.05) is 40.3 Å². The van der Waals surface area contributed by atoms with Crippen LogP contribution in [0.3, 0.4) is 0 Å². The largest absolute Gasteiger partial charge is 0.378 e. The van der Waals surface area contributed by atoms with Crippen LogP contribution in [-0.2, 0) is 0 Å². The minimum absolute atomic E-state index is 0.0648. The third-order valence-corrected chi connectivity index (χ3v) is 12.9. The molecule has 4 heterocycles. The number of fused-ring (bicyclic) bond motifs is 9. The first-order valence-corrected chi connectivity index (χ1v) is 20.9. The Bertz CT molecular complexity index is 3560. The molecule has 284 valence electrons. The van der Waals surface area contributed by atoms with Gasteiger partial charge in [-0.25, -0.2) is 0 Å². The number of hydrogen-bond acceptors (Lipinski definition) is 3. The molecule has 4 nitrogen and oxygen atoms in total. The Hall–Kier alpha value is -8.08. The van der Waals surface area contributed by atoms with E-state index in [2.05, 4.69) is 198 Å². The highest BCUT2D eigenvalue weighted by Crippen LogP contribution is 2.58. The third kappa shape index (κ3) is 5.00. The summed E-state index contributed by atoms with van der Waals surface area (Å²) in [7, 11) is 0. The number of allylic oxidation sites excluding steroid dienone is 2. The van der Waals surface area contributed by atoms with Crippen molar-refractivity contribution in [2.75, 3.05) is 0 Å². The molecule has 8 aromatic carbocycles. The number of para-hydroxylation sites is 1. The van der Waals surface area contributed by atoms with E-state index < -0.39 is 0 Å². The van der Waals surface area contributed by atoms with E-state index in [9.17, 15) is 0 Å². The number of rotatable bonds is 5. The fourth-order valence-electron chi connectivity index (χ4n) is 10.3. The van der Waals surface area contributed by atoms with Gasteiger partial charge in [0.05, 0.1) is 34.0 Å². The third-order valence-electron chi connectivity index (χ3n) is 12.9. The van der Waals surface area contributed by atoms with E-state index in [4.69, 9.17) is 9.97 Å². The Balaban J connectivity index is 0.902. The van der Waals surface area contributed by atoms with Crippen molar-refractivity contribution in [3.8, 4) is 55.6 Å². The molecule has 0 radical (unpaired) electrons. The highest BCUT2D eigenvalue weighted by Gasteiger charge is 2.31. The molecule has 11 aromatic rings. The van der Waals surface area contributed by atoms with E-state index in [0.29, 0.717) is 0 Å². The second kappa shape index (κ2) is 13.2. The van der Waals surface area contributed by atoms with E-state index in [1.54, 1.807) is 0 Å². The molecule has 0 spiro atoms. The summed E-state index contributed by atoms with van der Waals surface area (Å²) in [4.78, 5) is 9.94. The number of nitrogens with zero attached hydrogens (tertiary/aromatic N) is 3. The molecule has 0 saturated heterocycles. The molecule has 61 heavy (non-hydrogen) atoms. The van der Waals surface area contributed by atoms with Crippen LogP contribution in [0.15, 0.2) is 207 Å². The monoisotopic (exact) mass is 776 g/mol. The second-order valence-electron chi connectivity index (χ2n) is 16.1. The zero-order valence-corrected chi connectivity index (χ0v) is 33.0. The van der Waals surface area contributed by atoms with E-state index in [-0.39, 0.29) is 6.04 Å². The zero-order valence-electron chi connectivity index (χ0n) is 33.0. The van der Waals surface area contributed by atoms with Crippen LogP contribution in [0.2, 0.25) is 0 Å². The van der Waals surface area contributed by atoms with Crippen LogP contribution in [0.1, 0.15) is 11.7 Å². The molecule has 0 amide bonds. The van der Waals surface area contributed by atoms with Crippen molar-refractivity contribution in [1.82, 2.24) is 19.9 Å². The van der Waals surface area contributed by atoms with Gasteiger partial charge in [-0.05, 0) is 95.9 Å². The first-order chi connectivity index (χ1) is 30.3. The van der Waals surface area contributed by atoms with E-state index in [0.717, 1.165) is 38.9 Å². The highest BCUT2D eigenvalue weighted by molar-refractivity contribution is 6.29. The number of pyridine rings is 2. The maximum Gasteiger partial charge on any atom is 0.0948 e. The Morgan fingerprint density at radius 1 is 0.459 bits per heavy atom. The SMILES string of the molecule is C1=CC(c2ccc(-c3ccc4c5c(cccc35)-c3c-4c(-c4ccccc4)c4ccccc4c3-c3ccccc3)cn2)NC=C1n1c2ccccc2c2ccc3cccnc3c21. The Morgan fingerprint density at radius 2 is 1.13 bits per heavy atom. The quantitative estimate of drug-likeness (QED) is 0.189. The van der Waals surface area contributed by atoms with Crippen molar-refractivity contribution >= 4 is 60.0 Å². The summed E-state index contributed by atoms with van der Waals surface area (Å²) in [6.45, 7) is 0. The van der Waals surface area contributed by atoms with Gasteiger partial charge in [-0.3, -0.25) is 9.97 Å². The number of dihydropyridines is 1. The lowest BCUT2D eigenvalue weighted by molar-refractivity contribution is 0.720. The minimum Gasteiger partial charge on any atom is -0.378 e. The summed E-state index contributed by atoms with van der Waals surface area (Å²) >= 11 is 0. The number of benzene rings is 8. The average molecular weight is 777 g/mol. The van der Waals surface area contributed by atoms with Crippen LogP contribution in [0.5, 0.6) is 0 Å². The van der Waals surface area contributed by atoms with Crippen LogP contribution in [0.4, 0.5) is 0 Å². The molecule has 13 rings (SSSR count). The average Bonchev–Trinajstić information content (AvgIpc) is 3.85. The number of aromatic nitrogens is 3. The smallest absolute Gasteiger partial charge is 0.0948 e. The summed E-state index contributed by atoms with van der Waals surface area (Å²) in [6.07, 6.45) is 10.5. The molecule has 1 aliphatic heterocycles. The first-order valence-electron chi connectivity index (χ1n) is 20.9. The maximum atomic E-state index is 5.10. The van der Waals surface area contributed by atoms with Crippen molar-refractivity contribution in [2.45, 2.75) is 6.04 Å². The molecule has 0 saturated carbocycles.